The largest absolute Gasteiger partial charge is 0.341 e. The number of rotatable bonds is 3. The van der Waals surface area contributed by atoms with Crippen molar-refractivity contribution in [1.82, 2.24) is 10.2 Å². The van der Waals surface area contributed by atoms with Gasteiger partial charge in [-0.05, 0) is 42.9 Å². The molecule has 2 fully saturated rings. The molecule has 1 aromatic carbocycles. The molecule has 0 aromatic heterocycles. The van der Waals surface area contributed by atoms with Crippen molar-refractivity contribution in [3.8, 4) is 0 Å². The van der Waals surface area contributed by atoms with Gasteiger partial charge in [0.2, 0.25) is 5.91 Å². The fraction of sp³-hybridized carbons (Fsp3) is 0.611. The Labute approximate surface area is 150 Å². The summed E-state index contributed by atoms with van der Waals surface area (Å²) in [6.07, 6.45) is 3.52. The Morgan fingerprint density at radius 1 is 1.26 bits per heavy atom. The Bertz CT molecular complexity index is 550. The number of halogens is 2. The molecule has 128 valence electrons. The third kappa shape index (κ3) is 4.20. The van der Waals surface area contributed by atoms with E-state index in [1.54, 1.807) is 0 Å². The minimum Gasteiger partial charge on any atom is -0.341 e. The van der Waals surface area contributed by atoms with Crippen LogP contribution in [0.5, 0.6) is 0 Å². The van der Waals surface area contributed by atoms with Gasteiger partial charge in [-0.1, -0.05) is 37.6 Å². The highest BCUT2D eigenvalue weighted by Gasteiger charge is 2.35. The van der Waals surface area contributed by atoms with Gasteiger partial charge < -0.3 is 10.2 Å². The van der Waals surface area contributed by atoms with E-state index in [4.69, 9.17) is 11.6 Å². The summed E-state index contributed by atoms with van der Waals surface area (Å²) < 4.78 is 0. The van der Waals surface area contributed by atoms with Crippen molar-refractivity contribution < 1.29 is 4.79 Å². The Hall–Kier alpha value is -0.770. The monoisotopic (exact) mass is 356 g/mol. The summed E-state index contributed by atoms with van der Waals surface area (Å²) in [5.74, 6) is 0.418. The lowest BCUT2D eigenvalue weighted by Gasteiger charge is -2.30. The van der Waals surface area contributed by atoms with Crippen LogP contribution in [0.15, 0.2) is 24.3 Å². The molecule has 3 rings (SSSR count). The first kappa shape index (κ1) is 18.6. The van der Waals surface area contributed by atoms with Crippen LogP contribution in [0.25, 0.3) is 0 Å². The van der Waals surface area contributed by atoms with Gasteiger partial charge in [-0.15, -0.1) is 12.4 Å². The molecule has 1 amide bonds. The van der Waals surface area contributed by atoms with Gasteiger partial charge in [-0.3, -0.25) is 4.79 Å². The van der Waals surface area contributed by atoms with E-state index in [9.17, 15) is 4.79 Å². The molecule has 0 saturated carbocycles. The molecule has 1 aromatic rings. The van der Waals surface area contributed by atoms with Gasteiger partial charge in [-0.25, -0.2) is 0 Å². The first-order chi connectivity index (χ1) is 10.5. The molecule has 1 N–H and O–H groups in total. The van der Waals surface area contributed by atoms with Crippen LogP contribution in [0.2, 0.25) is 5.02 Å². The number of carbonyl (C=O) groups excluding carboxylic acids is 1. The van der Waals surface area contributed by atoms with Gasteiger partial charge in [0.05, 0.1) is 5.92 Å². The summed E-state index contributed by atoms with van der Waals surface area (Å²) in [5, 5.41) is 4.34. The van der Waals surface area contributed by atoms with Crippen LogP contribution < -0.4 is 5.32 Å². The minimum atomic E-state index is -0.102. The molecule has 0 spiro atoms. The molecule has 2 bridgehead atoms. The number of fused-ring (bicyclic) bond motifs is 2. The van der Waals surface area contributed by atoms with Crippen LogP contribution >= 0.6 is 24.0 Å². The van der Waals surface area contributed by atoms with Crippen molar-refractivity contribution in [2.75, 3.05) is 13.1 Å². The lowest BCUT2D eigenvalue weighted by molar-refractivity contribution is -0.134. The fourth-order valence-electron chi connectivity index (χ4n) is 3.85. The molecule has 2 aliphatic rings. The summed E-state index contributed by atoms with van der Waals surface area (Å²) in [6.45, 7) is 5.95. The second-order valence-corrected chi connectivity index (χ2v) is 7.42. The molecular weight excluding hydrogens is 331 g/mol. The molecule has 3 atom stereocenters. The van der Waals surface area contributed by atoms with E-state index in [0.717, 1.165) is 25.1 Å². The zero-order chi connectivity index (χ0) is 15.7. The molecular formula is C18H26Cl2N2O. The van der Waals surface area contributed by atoms with E-state index < -0.39 is 0 Å². The number of amides is 1. The van der Waals surface area contributed by atoms with Gasteiger partial charge in [-0.2, -0.15) is 0 Å². The van der Waals surface area contributed by atoms with Gasteiger partial charge >= 0.3 is 0 Å². The zero-order valence-electron chi connectivity index (χ0n) is 13.8. The quantitative estimate of drug-likeness (QED) is 0.891. The molecule has 3 nitrogen and oxygen atoms in total. The normalized spacial score (nSPS) is 25.0. The number of nitrogens with zero attached hydrogens (tertiary/aromatic N) is 1. The summed E-state index contributed by atoms with van der Waals surface area (Å²) in [5.41, 5.74) is 1.04. The maximum absolute atomic E-state index is 13.1. The van der Waals surface area contributed by atoms with Crippen LogP contribution in [-0.4, -0.2) is 36.0 Å². The van der Waals surface area contributed by atoms with Crippen molar-refractivity contribution in [2.24, 2.45) is 5.92 Å². The molecule has 5 heteroatoms. The SMILES string of the molecule is CC(C)C(C(=O)N1CCC2CCC(C1)N2)c1cccc(Cl)c1.Cl. The van der Waals surface area contributed by atoms with E-state index in [1.807, 2.05) is 24.3 Å². The second kappa shape index (κ2) is 7.87. The van der Waals surface area contributed by atoms with E-state index in [0.29, 0.717) is 17.1 Å². The van der Waals surface area contributed by atoms with Crippen molar-refractivity contribution in [2.45, 2.75) is 51.1 Å². The summed E-state index contributed by atoms with van der Waals surface area (Å²) in [6, 6.07) is 8.84. The molecule has 0 radical (unpaired) electrons. The predicted octanol–water partition coefficient (Wildman–Crippen LogP) is 3.85. The first-order valence-electron chi connectivity index (χ1n) is 8.35. The zero-order valence-corrected chi connectivity index (χ0v) is 15.4. The number of benzene rings is 1. The van der Waals surface area contributed by atoms with E-state index in [2.05, 4.69) is 24.1 Å². The topological polar surface area (TPSA) is 32.3 Å². The first-order valence-corrected chi connectivity index (χ1v) is 8.72. The molecule has 3 unspecified atom stereocenters. The van der Waals surface area contributed by atoms with Crippen molar-refractivity contribution >= 4 is 29.9 Å². The number of carbonyl (C=O) groups is 1. The maximum Gasteiger partial charge on any atom is 0.230 e. The van der Waals surface area contributed by atoms with E-state index >= 15 is 0 Å². The Kier molecular flexibility index (Phi) is 6.35. The third-order valence-corrected chi connectivity index (χ3v) is 5.21. The Morgan fingerprint density at radius 3 is 2.70 bits per heavy atom. The van der Waals surface area contributed by atoms with Crippen LogP contribution in [0.1, 0.15) is 44.6 Å². The average molecular weight is 357 g/mol. The average Bonchev–Trinajstić information content (AvgIpc) is 2.78. The van der Waals surface area contributed by atoms with Gasteiger partial charge in [0.15, 0.2) is 0 Å². The van der Waals surface area contributed by atoms with Crippen LogP contribution in [0.3, 0.4) is 0 Å². The highest BCUT2D eigenvalue weighted by molar-refractivity contribution is 6.30. The van der Waals surface area contributed by atoms with Gasteiger partial charge in [0, 0.05) is 30.2 Å². The number of nitrogens with one attached hydrogen (secondary N) is 1. The van der Waals surface area contributed by atoms with Crippen molar-refractivity contribution in [3.05, 3.63) is 34.9 Å². The Morgan fingerprint density at radius 2 is 2.00 bits per heavy atom. The highest BCUT2D eigenvalue weighted by Crippen LogP contribution is 2.30. The highest BCUT2D eigenvalue weighted by atomic mass is 35.5. The molecule has 2 aliphatic heterocycles. The smallest absolute Gasteiger partial charge is 0.230 e. The summed E-state index contributed by atoms with van der Waals surface area (Å²) in [7, 11) is 0. The van der Waals surface area contributed by atoms with Crippen molar-refractivity contribution in [3.63, 3.8) is 0 Å². The van der Waals surface area contributed by atoms with Crippen LogP contribution in [-0.2, 0) is 4.79 Å². The lowest BCUT2D eigenvalue weighted by Crippen LogP contribution is -2.42. The van der Waals surface area contributed by atoms with Crippen molar-refractivity contribution in [1.29, 1.82) is 0 Å². The van der Waals surface area contributed by atoms with Gasteiger partial charge in [0.1, 0.15) is 0 Å². The minimum absolute atomic E-state index is 0. The fourth-order valence-corrected chi connectivity index (χ4v) is 4.05. The second-order valence-electron chi connectivity index (χ2n) is 6.99. The lowest BCUT2D eigenvalue weighted by atomic mass is 9.87. The van der Waals surface area contributed by atoms with E-state index in [1.165, 1.54) is 12.8 Å². The van der Waals surface area contributed by atoms with Gasteiger partial charge in [0.25, 0.3) is 0 Å². The predicted molar refractivity (Wildman–Crippen MR) is 97.4 cm³/mol. The number of likely N-dealkylation sites (tertiary alicyclic amines) is 1. The van der Waals surface area contributed by atoms with Crippen LogP contribution in [0.4, 0.5) is 0 Å². The third-order valence-electron chi connectivity index (χ3n) is 4.98. The standard InChI is InChI=1S/C18H25ClN2O.ClH/c1-12(2)17(13-4-3-5-14(19)10-13)18(22)21-9-8-15-6-7-16(11-21)20-15;/h3-5,10,12,15-17,20H,6-9,11H2,1-2H3;1H. The summed E-state index contributed by atoms with van der Waals surface area (Å²) >= 11 is 6.13. The maximum atomic E-state index is 13.1. The van der Waals surface area contributed by atoms with Crippen LogP contribution in [0, 0.1) is 5.92 Å². The Balaban J connectivity index is 0.00000192. The number of hydrogen-bond donors (Lipinski definition) is 1. The van der Waals surface area contributed by atoms with E-state index in [-0.39, 0.29) is 30.2 Å². The molecule has 23 heavy (non-hydrogen) atoms. The number of hydrogen-bond acceptors (Lipinski definition) is 2. The summed E-state index contributed by atoms with van der Waals surface area (Å²) in [4.78, 5) is 15.2. The molecule has 2 saturated heterocycles. The molecule has 2 heterocycles. The molecule has 0 aliphatic carbocycles.